The Bertz CT molecular complexity index is 1210. The topological polar surface area (TPSA) is 101 Å². The molecule has 2 fully saturated rings. The number of hydrogen-bond donors (Lipinski definition) is 2. The first kappa shape index (κ1) is 23.6. The molecule has 0 spiro atoms. The molecule has 0 bridgehead atoms. The minimum atomic E-state index is -4.88. The van der Waals surface area contributed by atoms with E-state index in [0.717, 1.165) is 17.1 Å². The van der Waals surface area contributed by atoms with Gasteiger partial charge in [-0.05, 0) is 24.3 Å². The molecular weight excluding hydrogens is 469 g/mol. The van der Waals surface area contributed by atoms with Gasteiger partial charge in [0.2, 0.25) is 5.92 Å². The normalized spacial score (nSPS) is 21.2. The van der Waals surface area contributed by atoms with E-state index in [-0.39, 0.29) is 22.8 Å². The van der Waals surface area contributed by atoms with Gasteiger partial charge < -0.3 is 5.32 Å². The minimum Gasteiger partial charge on any atom is -0.319 e. The molecule has 0 saturated heterocycles. The zero-order valence-electron chi connectivity index (χ0n) is 17.8. The average molecular weight is 491 g/mol. The van der Waals surface area contributed by atoms with Gasteiger partial charge in [-0.2, -0.15) is 18.3 Å². The van der Waals surface area contributed by atoms with E-state index >= 15 is 0 Å². The summed E-state index contributed by atoms with van der Waals surface area (Å²) in [6.45, 7) is 1.26. The Balaban J connectivity index is 1.74. The number of carbonyl (C=O) groups is 1. The van der Waals surface area contributed by atoms with E-state index in [1.165, 1.54) is 19.2 Å². The Morgan fingerprint density at radius 3 is 2.45 bits per heavy atom. The van der Waals surface area contributed by atoms with E-state index in [1.54, 1.807) is 0 Å². The summed E-state index contributed by atoms with van der Waals surface area (Å²) in [5.41, 5.74) is -3.23. The van der Waals surface area contributed by atoms with Crippen molar-refractivity contribution in [1.29, 1.82) is 4.78 Å². The molecule has 1 amide bonds. The van der Waals surface area contributed by atoms with Crippen molar-refractivity contribution in [3.05, 3.63) is 35.4 Å². The number of hydrogen-bond acceptors (Lipinski definition) is 5. The molecule has 2 aliphatic rings. The summed E-state index contributed by atoms with van der Waals surface area (Å²) in [5, 5.41) is 6.39. The lowest BCUT2D eigenvalue weighted by atomic mass is 9.67. The van der Waals surface area contributed by atoms with Gasteiger partial charge in [0.1, 0.15) is 11.3 Å². The molecule has 0 radical (unpaired) electrons. The molecule has 0 aliphatic heterocycles. The number of aromatic nitrogens is 3. The fourth-order valence-corrected chi connectivity index (χ4v) is 4.92. The molecule has 7 nitrogen and oxygen atoms in total. The lowest BCUT2D eigenvalue weighted by Gasteiger charge is -2.44. The van der Waals surface area contributed by atoms with Crippen LogP contribution in [0.5, 0.6) is 0 Å². The fourth-order valence-electron chi connectivity index (χ4n) is 4.31. The Labute approximate surface area is 186 Å². The van der Waals surface area contributed by atoms with Crippen LogP contribution in [0, 0.1) is 10.2 Å². The number of rotatable bonds is 6. The summed E-state index contributed by atoms with van der Waals surface area (Å²) in [4.78, 5) is 16.9. The molecule has 4 rings (SSSR count). The molecule has 1 atom stereocenters. The van der Waals surface area contributed by atoms with E-state index in [2.05, 4.69) is 15.4 Å². The molecule has 33 heavy (non-hydrogen) atoms. The monoisotopic (exact) mass is 491 g/mol. The van der Waals surface area contributed by atoms with E-state index in [1.807, 2.05) is 0 Å². The number of pyridine rings is 1. The summed E-state index contributed by atoms with van der Waals surface area (Å²) >= 11 is 0. The number of amides is 1. The van der Waals surface area contributed by atoms with Gasteiger partial charge in [0.05, 0.1) is 32.2 Å². The van der Waals surface area contributed by atoms with Gasteiger partial charge in [-0.1, -0.05) is 6.92 Å². The number of carbonyl (C=O) groups excluding carboxylic acids is 1. The van der Waals surface area contributed by atoms with Crippen LogP contribution in [0.15, 0.2) is 23.4 Å². The highest BCUT2D eigenvalue weighted by Crippen LogP contribution is 2.53. The number of halogens is 5. The van der Waals surface area contributed by atoms with Crippen LogP contribution < -0.4 is 5.32 Å². The lowest BCUT2D eigenvalue weighted by molar-refractivity contribution is -0.160. The molecule has 2 aromatic heterocycles. The van der Waals surface area contributed by atoms with Crippen LogP contribution in [0.1, 0.15) is 60.3 Å². The maximum atomic E-state index is 14.1. The molecule has 13 heteroatoms. The highest BCUT2D eigenvalue weighted by molar-refractivity contribution is 7.91. The van der Waals surface area contributed by atoms with E-state index in [4.69, 9.17) is 4.78 Å². The highest BCUT2D eigenvalue weighted by atomic mass is 32.2. The van der Waals surface area contributed by atoms with Gasteiger partial charge >= 0.3 is 6.18 Å². The smallest absolute Gasteiger partial charge is 0.319 e. The second-order valence-electron chi connectivity index (χ2n) is 9.27. The van der Waals surface area contributed by atoms with Crippen molar-refractivity contribution in [3.8, 4) is 0 Å². The fraction of sp³-hybridized carbons (Fsp3) is 0.550. The quantitative estimate of drug-likeness (QED) is 0.562. The van der Waals surface area contributed by atoms with Gasteiger partial charge in [0.15, 0.2) is 0 Å². The standard InChI is InChI=1S/C20H22F5N5O2S/c1-18(8-19(21,22)9-18)10-30-16(14(20(23,24)25)15(29-30)11-3-4-11)17(31)28-12-5-13(7-27-6-12)33(2,26)32/h5-7,11,26H,3-4,8-10H2,1-2H3,(H,28,31). The van der Waals surface area contributed by atoms with Gasteiger partial charge in [-0.3, -0.25) is 14.5 Å². The molecule has 2 N–H and O–H groups in total. The predicted molar refractivity (Wildman–Crippen MR) is 109 cm³/mol. The van der Waals surface area contributed by atoms with Crippen molar-refractivity contribution >= 4 is 21.3 Å². The molecule has 2 heterocycles. The van der Waals surface area contributed by atoms with Crippen LogP contribution in [-0.4, -0.2) is 37.1 Å². The molecule has 2 saturated carbocycles. The number of alkyl halides is 5. The average Bonchev–Trinajstić information content (AvgIpc) is 3.39. The van der Waals surface area contributed by atoms with Crippen molar-refractivity contribution in [2.75, 3.05) is 11.6 Å². The van der Waals surface area contributed by atoms with Gasteiger partial charge in [0.25, 0.3) is 5.91 Å². The van der Waals surface area contributed by atoms with Gasteiger partial charge in [-0.15, -0.1) is 0 Å². The van der Waals surface area contributed by atoms with Crippen LogP contribution in [0.25, 0.3) is 0 Å². The molecular formula is C20H22F5N5O2S. The summed E-state index contributed by atoms with van der Waals surface area (Å²) < 4.78 is 89.6. The highest BCUT2D eigenvalue weighted by Gasteiger charge is 2.55. The van der Waals surface area contributed by atoms with E-state index in [9.17, 15) is 31.0 Å². The second kappa shape index (κ2) is 7.47. The maximum absolute atomic E-state index is 14.1. The van der Waals surface area contributed by atoms with Crippen molar-refractivity contribution in [3.63, 3.8) is 0 Å². The first-order valence-electron chi connectivity index (χ1n) is 10.1. The molecule has 180 valence electrons. The number of nitrogens with zero attached hydrogens (tertiary/aromatic N) is 3. The zero-order chi connectivity index (χ0) is 24.4. The Morgan fingerprint density at radius 1 is 1.30 bits per heavy atom. The first-order valence-corrected chi connectivity index (χ1v) is 12.1. The third-order valence-corrected chi connectivity index (χ3v) is 6.89. The summed E-state index contributed by atoms with van der Waals surface area (Å²) in [5.74, 6) is -4.47. The number of nitrogens with one attached hydrogen (secondary N) is 2. The van der Waals surface area contributed by atoms with Crippen molar-refractivity contribution < 1.29 is 31.0 Å². The summed E-state index contributed by atoms with van der Waals surface area (Å²) in [6, 6.07) is 1.20. The lowest BCUT2D eigenvalue weighted by Crippen LogP contribution is -2.47. The van der Waals surface area contributed by atoms with E-state index < -0.39 is 63.2 Å². The third-order valence-electron chi connectivity index (χ3n) is 5.77. The summed E-state index contributed by atoms with van der Waals surface area (Å²) in [7, 11) is -3.18. The Morgan fingerprint density at radius 2 is 1.94 bits per heavy atom. The Kier molecular flexibility index (Phi) is 5.34. The predicted octanol–water partition coefficient (Wildman–Crippen LogP) is 4.90. The molecule has 2 aromatic rings. The zero-order valence-corrected chi connectivity index (χ0v) is 18.6. The number of anilines is 1. The second-order valence-corrected chi connectivity index (χ2v) is 11.4. The van der Waals surface area contributed by atoms with Crippen LogP contribution in [0.4, 0.5) is 27.6 Å². The third kappa shape index (κ3) is 4.87. The van der Waals surface area contributed by atoms with Gasteiger partial charge in [0, 0.05) is 37.8 Å². The largest absolute Gasteiger partial charge is 0.420 e. The van der Waals surface area contributed by atoms with Crippen LogP contribution in [0.2, 0.25) is 0 Å². The van der Waals surface area contributed by atoms with Crippen LogP contribution in [-0.2, 0) is 22.5 Å². The molecule has 1 unspecified atom stereocenters. The van der Waals surface area contributed by atoms with Crippen molar-refractivity contribution in [2.24, 2.45) is 5.41 Å². The SMILES string of the molecule is CC1(Cn2nc(C3CC3)c(C(F)(F)F)c2C(=O)Nc2cncc(S(C)(=N)=O)c2)CC(F)(F)C1. The van der Waals surface area contributed by atoms with Crippen LogP contribution >= 0.6 is 0 Å². The first-order chi connectivity index (χ1) is 15.1. The molecule has 0 aromatic carbocycles. The Hall–Kier alpha value is -2.57. The van der Waals surface area contributed by atoms with Crippen molar-refractivity contribution in [2.45, 2.75) is 62.1 Å². The molecule has 2 aliphatic carbocycles. The van der Waals surface area contributed by atoms with Crippen LogP contribution in [0.3, 0.4) is 0 Å². The van der Waals surface area contributed by atoms with Crippen molar-refractivity contribution in [1.82, 2.24) is 14.8 Å². The van der Waals surface area contributed by atoms with Gasteiger partial charge in [-0.25, -0.2) is 17.8 Å². The maximum Gasteiger partial charge on any atom is 0.420 e. The summed E-state index contributed by atoms with van der Waals surface area (Å²) in [6.07, 6.45) is -1.46. The minimum absolute atomic E-state index is 0.00673. The van der Waals surface area contributed by atoms with E-state index in [0.29, 0.717) is 12.8 Å².